The summed E-state index contributed by atoms with van der Waals surface area (Å²) in [6, 6.07) is 2.17. The van der Waals surface area contributed by atoms with E-state index in [4.69, 9.17) is 5.26 Å². The van der Waals surface area contributed by atoms with Crippen molar-refractivity contribution in [3.8, 4) is 6.07 Å². The second-order valence-electron chi connectivity index (χ2n) is 2.74. The minimum atomic E-state index is -3.06. The van der Waals surface area contributed by atoms with Gasteiger partial charge in [0.2, 0.25) is 11.5 Å². The highest BCUT2D eigenvalue weighted by Gasteiger charge is 2.26. The number of rotatable bonds is 3. The molecule has 1 aromatic rings. The van der Waals surface area contributed by atoms with Crippen molar-refractivity contribution in [1.82, 2.24) is 4.98 Å². The molecule has 5 nitrogen and oxygen atoms in total. The molecule has 0 N–H and O–H groups in total. The molecular formula is C8H4F3N3O2. The molecule has 0 aliphatic rings. The number of pyridine rings is 1. The number of hydrogen-bond acceptors (Lipinski definition) is 4. The van der Waals surface area contributed by atoms with E-state index in [1.807, 2.05) is 0 Å². The van der Waals surface area contributed by atoms with E-state index in [1.165, 1.54) is 6.07 Å². The highest BCUT2D eigenvalue weighted by molar-refractivity contribution is 5.34. The Kier molecular flexibility index (Phi) is 3.40. The van der Waals surface area contributed by atoms with Gasteiger partial charge in [0.05, 0.1) is 12.5 Å². The van der Waals surface area contributed by atoms with Gasteiger partial charge >= 0.3 is 12.2 Å². The maximum Gasteiger partial charge on any atom is 0.400 e. The standard InChI is InChI=1S/C8H4F3N3O2/c9-6-4(1-2-12)3-5(7(10)11)13-8(6)14(15)16/h3,7H,1H2. The third-order valence-corrected chi connectivity index (χ3v) is 1.70. The lowest BCUT2D eigenvalue weighted by Gasteiger charge is -2.01. The molecule has 84 valence electrons. The van der Waals surface area contributed by atoms with E-state index in [0.29, 0.717) is 6.07 Å². The van der Waals surface area contributed by atoms with Crippen LogP contribution >= 0.6 is 0 Å². The summed E-state index contributed by atoms with van der Waals surface area (Å²) in [4.78, 5) is 12.0. The first-order valence-corrected chi connectivity index (χ1v) is 3.96. The Hall–Kier alpha value is -2.17. The first-order chi connectivity index (χ1) is 7.47. The highest BCUT2D eigenvalue weighted by atomic mass is 19.3. The van der Waals surface area contributed by atoms with E-state index < -0.39 is 40.7 Å². The minimum absolute atomic E-state index is 0.459. The van der Waals surface area contributed by atoms with Gasteiger partial charge in [-0.15, -0.1) is 0 Å². The molecular weight excluding hydrogens is 227 g/mol. The molecule has 0 saturated heterocycles. The van der Waals surface area contributed by atoms with Crippen LogP contribution in [-0.4, -0.2) is 9.91 Å². The van der Waals surface area contributed by atoms with Crippen molar-refractivity contribution in [2.24, 2.45) is 0 Å². The summed E-state index contributed by atoms with van der Waals surface area (Å²) in [5, 5.41) is 18.6. The maximum absolute atomic E-state index is 13.3. The van der Waals surface area contributed by atoms with Crippen LogP contribution in [0.25, 0.3) is 0 Å². The summed E-state index contributed by atoms with van der Waals surface area (Å²) >= 11 is 0. The van der Waals surface area contributed by atoms with Crippen molar-refractivity contribution < 1.29 is 18.1 Å². The summed E-state index contributed by atoms with van der Waals surface area (Å²) in [5.41, 5.74) is -1.38. The van der Waals surface area contributed by atoms with Crippen LogP contribution in [0.4, 0.5) is 19.0 Å². The van der Waals surface area contributed by atoms with Gasteiger partial charge in [0.1, 0.15) is 0 Å². The second-order valence-corrected chi connectivity index (χ2v) is 2.74. The maximum atomic E-state index is 13.3. The Morgan fingerprint density at radius 2 is 2.25 bits per heavy atom. The van der Waals surface area contributed by atoms with Crippen molar-refractivity contribution in [2.75, 3.05) is 0 Å². The Morgan fingerprint density at radius 1 is 1.62 bits per heavy atom. The smallest absolute Gasteiger partial charge is 0.358 e. The van der Waals surface area contributed by atoms with Gasteiger partial charge in [-0.05, 0) is 16.0 Å². The molecule has 1 rings (SSSR count). The fourth-order valence-corrected chi connectivity index (χ4v) is 1.04. The Morgan fingerprint density at radius 3 is 2.69 bits per heavy atom. The lowest BCUT2D eigenvalue weighted by Crippen LogP contribution is -2.04. The van der Waals surface area contributed by atoms with Crippen molar-refractivity contribution in [3.63, 3.8) is 0 Å². The predicted molar refractivity (Wildman–Crippen MR) is 45.1 cm³/mol. The first-order valence-electron chi connectivity index (χ1n) is 3.96. The van der Waals surface area contributed by atoms with E-state index >= 15 is 0 Å². The fourth-order valence-electron chi connectivity index (χ4n) is 1.04. The summed E-state index contributed by atoms with van der Waals surface area (Å²) in [7, 11) is 0. The third-order valence-electron chi connectivity index (χ3n) is 1.70. The second kappa shape index (κ2) is 4.57. The molecule has 0 amide bonds. The summed E-state index contributed by atoms with van der Waals surface area (Å²) < 4.78 is 37.8. The number of aromatic nitrogens is 1. The molecule has 0 saturated carbocycles. The zero-order valence-electron chi connectivity index (χ0n) is 7.65. The van der Waals surface area contributed by atoms with Crippen LogP contribution in [0.3, 0.4) is 0 Å². The molecule has 0 bridgehead atoms. The topological polar surface area (TPSA) is 79.8 Å². The number of halogens is 3. The van der Waals surface area contributed by atoms with Crippen molar-refractivity contribution >= 4 is 5.82 Å². The normalized spacial score (nSPS) is 10.2. The molecule has 0 spiro atoms. The average molecular weight is 231 g/mol. The molecule has 0 radical (unpaired) electrons. The quantitative estimate of drug-likeness (QED) is 0.589. The van der Waals surface area contributed by atoms with E-state index in [-0.39, 0.29) is 0 Å². The Bertz CT molecular complexity index is 470. The van der Waals surface area contributed by atoms with E-state index in [0.717, 1.165) is 0 Å². The molecule has 1 heterocycles. The first kappa shape index (κ1) is 11.9. The van der Waals surface area contributed by atoms with Crippen LogP contribution in [-0.2, 0) is 6.42 Å². The van der Waals surface area contributed by atoms with Gasteiger partial charge in [-0.1, -0.05) is 0 Å². The fraction of sp³-hybridized carbons (Fsp3) is 0.250. The molecule has 16 heavy (non-hydrogen) atoms. The van der Waals surface area contributed by atoms with E-state index in [9.17, 15) is 23.3 Å². The van der Waals surface area contributed by atoms with Crippen molar-refractivity contribution in [1.29, 1.82) is 5.26 Å². The van der Waals surface area contributed by atoms with Gasteiger partial charge < -0.3 is 10.1 Å². The number of nitrogens with zero attached hydrogens (tertiary/aromatic N) is 3. The molecule has 0 fully saturated rings. The van der Waals surface area contributed by atoms with Crippen LogP contribution in [0.2, 0.25) is 0 Å². The van der Waals surface area contributed by atoms with Gasteiger partial charge in [0, 0.05) is 5.56 Å². The molecule has 0 aliphatic carbocycles. The molecule has 0 aromatic carbocycles. The summed E-state index contributed by atoms with van der Waals surface area (Å²) in [6.07, 6.45) is -3.59. The van der Waals surface area contributed by atoms with E-state index in [1.54, 1.807) is 0 Å². The average Bonchev–Trinajstić information content (AvgIpc) is 2.20. The Balaban J connectivity index is 3.40. The summed E-state index contributed by atoms with van der Waals surface area (Å²) in [6.45, 7) is 0. The van der Waals surface area contributed by atoms with Gasteiger partial charge in [-0.3, -0.25) is 0 Å². The van der Waals surface area contributed by atoms with Gasteiger partial charge in [0.25, 0.3) is 0 Å². The van der Waals surface area contributed by atoms with Crippen LogP contribution in [0.1, 0.15) is 17.7 Å². The number of hydrogen-bond donors (Lipinski definition) is 0. The molecule has 0 atom stereocenters. The van der Waals surface area contributed by atoms with Gasteiger partial charge in [-0.2, -0.15) is 9.65 Å². The van der Waals surface area contributed by atoms with Crippen LogP contribution in [0.5, 0.6) is 0 Å². The van der Waals surface area contributed by atoms with Gasteiger partial charge in [-0.25, -0.2) is 8.78 Å². The van der Waals surface area contributed by atoms with Crippen LogP contribution in [0, 0.1) is 27.3 Å². The largest absolute Gasteiger partial charge is 0.400 e. The van der Waals surface area contributed by atoms with Gasteiger partial charge in [0.15, 0.2) is 0 Å². The number of nitro groups is 1. The molecule has 0 unspecified atom stereocenters. The Labute approximate surface area is 87.3 Å². The van der Waals surface area contributed by atoms with Crippen molar-refractivity contribution in [2.45, 2.75) is 12.8 Å². The highest BCUT2D eigenvalue weighted by Crippen LogP contribution is 2.25. The van der Waals surface area contributed by atoms with Crippen LogP contribution < -0.4 is 0 Å². The lowest BCUT2D eigenvalue weighted by atomic mass is 10.1. The van der Waals surface area contributed by atoms with E-state index in [2.05, 4.69) is 4.98 Å². The zero-order chi connectivity index (χ0) is 12.3. The summed E-state index contributed by atoms with van der Waals surface area (Å²) in [5.74, 6) is -2.64. The minimum Gasteiger partial charge on any atom is -0.358 e. The molecule has 0 aliphatic heterocycles. The molecule has 8 heteroatoms. The molecule has 1 aromatic heterocycles. The number of alkyl halides is 2. The third kappa shape index (κ3) is 2.25. The predicted octanol–water partition coefficient (Wildman–Crippen LogP) is 2.13. The monoisotopic (exact) mass is 231 g/mol. The SMILES string of the molecule is N#CCc1cc(C(F)F)nc([N+](=O)[O-])c1F. The number of nitriles is 1. The van der Waals surface area contributed by atoms with Crippen molar-refractivity contribution in [3.05, 3.63) is 33.3 Å². The lowest BCUT2D eigenvalue weighted by molar-refractivity contribution is -0.392. The zero-order valence-corrected chi connectivity index (χ0v) is 7.65. The van der Waals surface area contributed by atoms with Crippen LogP contribution in [0.15, 0.2) is 6.07 Å².